The van der Waals surface area contributed by atoms with Crippen LogP contribution in [0.4, 0.5) is 23.4 Å². The molecule has 0 spiro atoms. The largest absolute Gasteiger partial charge is 0.416 e. The van der Waals surface area contributed by atoms with E-state index in [1.165, 1.54) is 33.8 Å². The molecule has 2 amide bonds. The van der Waals surface area contributed by atoms with Crippen molar-refractivity contribution in [2.24, 2.45) is 0 Å². The van der Waals surface area contributed by atoms with Crippen LogP contribution >= 0.6 is 0 Å². The van der Waals surface area contributed by atoms with Crippen molar-refractivity contribution in [2.45, 2.75) is 19.5 Å². The first kappa shape index (κ1) is 26.6. The normalized spacial score (nSPS) is 11.3. The lowest BCUT2D eigenvalue weighted by molar-refractivity contribution is -0.137. The van der Waals surface area contributed by atoms with E-state index < -0.39 is 29.4 Å². The number of nitrogens with one attached hydrogen (secondary N) is 1. The number of hydrogen-bond donors (Lipinski definition) is 1. The highest BCUT2D eigenvalue weighted by Crippen LogP contribution is 2.29. The highest BCUT2D eigenvalue weighted by molar-refractivity contribution is 5.99. The lowest BCUT2D eigenvalue weighted by Crippen LogP contribution is -2.38. The molecular weight excluding hydrogens is 500 g/mol. The Hall–Kier alpha value is -4.47. The van der Waals surface area contributed by atoms with Gasteiger partial charge < -0.3 is 10.2 Å². The summed E-state index contributed by atoms with van der Waals surface area (Å²) in [5.74, 6) is -1.21. The molecule has 3 aromatic carbocycles. The number of carbonyl (C=O) groups is 2. The molecule has 4 aromatic rings. The fraction of sp³-hybridized carbons (Fsp3) is 0.179. The second-order valence-electron chi connectivity index (χ2n) is 8.52. The first-order chi connectivity index (χ1) is 18.2. The van der Waals surface area contributed by atoms with E-state index >= 15 is 0 Å². The molecule has 38 heavy (non-hydrogen) atoms. The molecule has 0 saturated carbocycles. The number of benzene rings is 3. The maximum Gasteiger partial charge on any atom is 0.416 e. The molecule has 0 aliphatic rings. The van der Waals surface area contributed by atoms with Gasteiger partial charge in [-0.15, -0.1) is 0 Å². The molecule has 0 saturated heterocycles. The van der Waals surface area contributed by atoms with Crippen molar-refractivity contribution in [2.75, 3.05) is 18.4 Å². The van der Waals surface area contributed by atoms with Crippen molar-refractivity contribution >= 4 is 17.6 Å². The number of anilines is 1. The van der Waals surface area contributed by atoms with Crippen LogP contribution in [0.2, 0.25) is 0 Å². The van der Waals surface area contributed by atoms with Gasteiger partial charge in [0.25, 0.3) is 5.91 Å². The quantitative estimate of drug-likeness (QED) is 0.280. The average molecular weight is 525 g/mol. The molecule has 0 unspecified atom stereocenters. The van der Waals surface area contributed by atoms with E-state index in [9.17, 15) is 27.2 Å². The van der Waals surface area contributed by atoms with Gasteiger partial charge in [0.05, 0.1) is 16.9 Å². The van der Waals surface area contributed by atoms with E-state index in [4.69, 9.17) is 0 Å². The van der Waals surface area contributed by atoms with Crippen LogP contribution in [0.15, 0.2) is 84.9 Å². The molecule has 1 N–H and O–H groups in total. The van der Waals surface area contributed by atoms with Crippen LogP contribution in [0.3, 0.4) is 0 Å². The third-order valence-corrected chi connectivity index (χ3v) is 5.69. The fourth-order valence-corrected chi connectivity index (χ4v) is 3.86. The Morgan fingerprint density at radius 1 is 0.947 bits per heavy atom. The average Bonchev–Trinajstić information content (AvgIpc) is 3.32. The standard InChI is InChI=1S/C28H24F4N4O2/c1-2-16-35(27(38)20-8-10-21(11-9-20)28(30,31)32)18-26(37)33-25-17-24(19-6-4-3-5-7-19)34-36(25)23-14-12-22(29)13-15-23/h3-15,17H,2,16,18H2,1H3,(H,33,37). The lowest BCUT2D eigenvalue weighted by Gasteiger charge is -2.22. The van der Waals surface area contributed by atoms with Gasteiger partial charge in [-0.05, 0) is 55.0 Å². The number of aromatic nitrogens is 2. The summed E-state index contributed by atoms with van der Waals surface area (Å²) in [6.07, 6.45) is -3.98. The van der Waals surface area contributed by atoms with Gasteiger partial charge in [-0.25, -0.2) is 9.07 Å². The number of nitrogens with zero attached hydrogens (tertiary/aromatic N) is 3. The minimum Gasteiger partial charge on any atom is -0.329 e. The summed E-state index contributed by atoms with van der Waals surface area (Å²) in [5.41, 5.74) is 1.06. The van der Waals surface area contributed by atoms with Gasteiger partial charge in [-0.3, -0.25) is 9.59 Å². The number of halogens is 4. The third-order valence-electron chi connectivity index (χ3n) is 5.69. The Kier molecular flexibility index (Phi) is 7.90. The number of hydrogen-bond acceptors (Lipinski definition) is 3. The summed E-state index contributed by atoms with van der Waals surface area (Å²) in [6.45, 7) is 1.71. The van der Waals surface area contributed by atoms with Crippen LogP contribution in [0, 0.1) is 5.82 Å². The monoisotopic (exact) mass is 524 g/mol. The molecule has 0 aliphatic heterocycles. The van der Waals surface area contributed by atoms with Crippen molar-refractivity contribution < 1.29 is 27.2 Å². The summed E-state index contributed by atoms with van der Waals surface area (Å²) in [6, 6.07) is 20.4. The zero-order valence-electron chi connectivity index (χ0n) is 20.4. The van der Waals surface area contributed by atoms with E-state index in [1.54, 1.807) is 6.07 Å². The molecule has 1 heterocycles. The molecule has 10 heteroatoms. The molecule has 196 valence electrons. The Balaban J connectivity index is 1.57. The van der Waals surface area contributed by atoms with Gasteiger partial charge in [0.1, 0.15) is 18.2 Å². The lowest BCUT2D eigenvalue weighted by atomic mass is 10.1. The maximum atomic E-state index is 13.5. The maximum absolute atomic E-state index is 13.5. The highest BCUT2D eigenvalue weighted by Gasteiger charge is 2.30. The number of rotatable bonds is 8. The number of alkyl halides is 3. The SMILES string of the molecule is CCCN(CC(=O)Nc1cc(-c2ccccc2)nn1-c1ccc(F)cc1)C(=O)c1ccc(C(F)(F)F)cc1. The van der Waals surface area contributed by atoms with Crippen LogP contribution in [0.5, 0.6) is 0 Å². The first-order valence-electron chi connectivity index (χ1n) is 11.8. The predicted molar refractivity (Wildman–Crippen MR) is 135 cm³/mol. The predicted octanol–water partition coefficient (Wildman–Crippen LogP) is 6.19. The number of carbonyl (C=O) groups excluding carboxylic acids is 2. The van der Waals surface area contributed by atoms with Gasteiger partial charge >= 0.3 is 6.18 Å². The molecule has 0 atom stereocenters. The van der Waals surface area contributed by atoms with Crippen molar-refractivity contribution in [1.29, 1.82) is 0 Å². The zero-order chi connectivity index (χ0) is 27.3. The second-order valence-corrected chi connectivity index (χ2v) is 8.52. The van der Waals surface area contributed by atoms with Crippen LogP contribution in [-0.4, -0.2) is 39.6 Å². The summed E-state index contributed by atoms with van der Waals surface area (Å²) < 4.78 is 53.6. The van der Waals surface area contributed by atoms with Gasteiger partial charge in [0, 0.05) is 23.7 Å². The Bertz CT molecular complexity index is 1400. The van der Waals surface area contributed by atoms with E-state index in [1.807, 2.05) is 37.3 Å². The number of amides is 2. The fourth-order valence-electron chi connectivity index (χ4n) is 3.86. The Morgan fingerprint density at radius 3 is 2.21 bits per heavy atom. The highest BCUT2D eigenvalue weighted by atomic mass is 19.4. The van der Waals surface area contributed by atoms with E-state index in [2.05, 4.69) is 10.4 Å². The van der Waals surface area contributed by atoms with Crippen LogP contribution in [-0.2, 0) is 11.0 Å². The smallest absolute Gasteiger partial charge is 0.329 e. The van der Waals surface area contributed by atoms with Crippen LogP contribution < -0.4 is 5.32 Å². The molecule has 0 bridgehead atoms. The van der Waals surface area contributed by atoms with E-state index in [0.29, 0.717) is 23.6 Å². The zero-order valence-corrected chi connectivity index (χ0v) is 20.4. The molecule has 6 nitrogen and oxygen atoms in total. The summed E-state index contributed by atoms with van der Waals surface area (Å²) in [5, 5.41) is 7.33. The second kappa shape index (κ2) is 11.3. The first-order valence-corrected chi connectivity index (χ1v) is 11.8. The van der Waals surface area contributed by atoms with Gasteiger partial charge in [-0.2, -0.15) is 18.3 Å². The van der Waals surface area contributed by atoms with Crippen molar-refractivity contribution in [3.05, 3.63) is 102 Å². The molecular formula is C28H24F4N4O2. The molecule has 0 aliphatic carbocycles. The van der Waals surface area contributed by atoms with Crippen molar-refractivity contribution in [1.82, 2.24) is 14.7 Å². The molecule has 1 aromatic heterocycles. The third kappa shape index (κ3) is 6.26. The van der Waals surface area contributed by atoms with Crippen LogP contribution in [0.1, 0.15) is 29.3 Å². The molecule has 0 radical (unpaired) electrons. The van der Waals surface area contributed by atoms with Crippen LogP contribution in [0.25, 0.3) is 16.9 Å². The molecule has 4 rings (SSSR count). The minimum absolute atomic E-state index is 0.0435. The van der Waals surface area contributed by atoms with E-state index in [-0.39, 0.29) is 18.7 Å². The van der Waals surface area contributed by atoms with Crippen molar-refractivity contribution in [3.8, 4) is 16.9 Å². The minimum atomic E-state index is -4.52. The Morgan fingerprint density at radius 2 is 1.61 bits per heavy atom. The van der Waals surface area contributed by atoms with Gasteiger partial charge in [-0.1, -0.05) is 37.3 Å². The summed E-state index contributed by atoms with van der Waals surface area (Å²) in [4.78, 5) is 27.3. The summed E-state index contributed by atoms with van der Waals surface area (Å²) in [7, 11) is 0. The van der Waals surface area contributed by atoms with E-state index in [0.717, 1.165) is 29.8 Å². The summed E-state index contributed by atoms with van der Waals surface area (Å²) >= 11 is 0. The Labute approximate surface area is 216 Å². The van der Waals surface area contributed by atoms with Crippen molar-refractivity contribution in [3.63, 3.8) is 0 Å². The topological polar surface area (TPSA) is 67.2 Å². The molecule has 0 fully saturated rings. The van der Waals surface area contributed by atoms with Gasteiger partial charge in [0.2, 0.25) is 5.91 Å². The van der Waals surface area contributed by atoms with Gasteiger partial charge in [0.15, 0.2) is 0 Å².